The number of thioether (sulfide) groups is 1. The summed E-state index contributed by atoms with van der Waals surface area (Å²) in [5.41, 5.74) is 1.02. The molecule has 1 heterocycles. The van der Waals surface area contributed by atoms with Crippen molar-refractivity contribution >= 4 is 35.0 Å². The predicted octanol–water partition coefficient (Wildman–Crippen LogP) is 5.04. The molecular formula is C27H23NO7S. The third-order valence-electron chi connectivity index (χ3n) is 5.21. The molecule has 1 aliphatic rings. The van der Waals surface area contributed by atoms with Gasteiger partial charge in [-0.25, -0.2) is 4.79 Å². The highest BCUT2D eigenvalue weighted by molar-refractivity contribution is 8.18. The molecule has 0 atom stereocenters. The van der Waals surface area contributed by atoms with Gasteiger partial charge in [0.25, 0.3) is 11.1 Å². The van der Waals surface area contributed by atoms with Gasteiger partial charge in [-0.05, 0) is 59.8 Å². The number of nitrogens with zero attached hydrogens (tertiary/aromatic N) is 1. The van der Waals surface area contributed by atoms with Crippen molar-refractivity contribution in [1.82, 2.24) is 4.90 Å². The van der Waals surface area contributed by atoms with Crippen LogP contribution in [0.4, 0.5) is 4.79 Å². The average molecular weight is 506 g/mol. The summed E-state index contributed by atoms with van der Waals surface area (Å²) in [6, 6.07) is 20.6. The first kappa shape index (κ1) is 24.9. The SMILES string of the molecule is COc1ccccc1OCCN1C(=O)S/C(=C\c2ccc(OC(=O)c3ccccc3)c(OC)c2)C1=O. The molecule has 0 saturated carbocycles. The van der Waals surface area contributed by atoms with Crippen molar-refractivity contribution in [2.24, 2.45) is 0 Å². The molecule has 0 aliphatic carbocycles. The van der Waals surface area contributed by atoms with Gasteiger partial charge in [-0.15, -0.1) is 0 Å². The first-order valence-electron chi connectivity index (χ1n) is 11.0. The Balaban J connectivity index is 1.42. The van der Waals surface area contributed by atoms with Crippen LogP contribution in [-0.4, -0.2) is 49.4 Å². The van der Waals surface area contributed by atoms with Crippen LogP contribution < -0.4 is 18.9 Å². The molecule has 4 rings (SSSR count). The number of imide groups is 1. The van der Waals surface area contributed by atoms with Crippen molar-refractivity contribution in [3.8, 4) is 23.0 Å². The Morgan fingerprint density at radius 2 is 1.56 bits per heavy atom. The maximum Gasteiger partial charge on any atom is 0.343 e. The molecule has 36 heavy (non-hydrogen) atoms. The Bertz CT molecular complexity index is 1310. The molecule has 1 saturated heterocycles. The molecule has 0 bridgehead atoms. The Labute approximate surface area is 212 Å². The molecule has 0 aromatic heterocycles. The minimum atomic E-state index is -0.516. The van der Waals surface area contributed by atoms with E-state index in [1.54, 1.807) is 66.7 Å². The number of hydrogen-bond donors (Lipinski definition) is 0. The van der Waals surface area contributed by atoms with Crippen molar-refractivity contribution < 1.29 is 33.3 Å². The fourth-order valence-corrected chi connectivity index (χ4v) is 4.29. The number of carbonyl (C=O) groups is 3. The van der Waals surface area contributed by atoms with E-state index in [9.17, 15) is 14.4 Å². The Morgan fingerprint density at radius 1 is 0.861 bits per heavy atom. The van der Waals surface area contributed by atoms with E-state index in [1.807, 2.05) is 12.1 Å². The second-order valence-electron chi connectivity index (χ2n) is 7.50. The van der Waals surface area contributed by atoms with Gasteiger partial charge in [0.2, 0.25) is 0 Å². The Kier molecular flexibility index (Phi) is 7.92. The highest BCUT2D eigenvalue weighted by Gasteiger charge is 2.35. The lowest BCUT2D eigenvalue weighted by molar-refractivity contribution is -0.123. The zero-order valence-electron chi connectivity index (χ0n) is 19.6. The van der Waals surface area contributed by atoms with Gasteiger partial charge in [0.05, 0.1) is 31.2 Å². The Hall–Kier alpha value is -4.24. The first-order valence-corrected chi connectivity index (χ1v) is 11.8. The summed E-state index contributed by atoms with van der Waals surface area (Å²) in [4.78, 5) is 39.1. The van der Waals surface area contributed by atoms with Crippen LogP contribution >= 0.6 is 11.8 Å². The van der Waals surface area contributed by atoms with Gasteiger partial charge in [0, 0.05) is 0 Å². The quantitative estimate of drug-likeness (QED) is 0.227. The van der Waals surface area contributed by atoms with E-state index in [1.165, 1.54) is 14.2 Å². The number of esters is 1. The third kappa shape index (κ3) is 5.69. The normalized spacial score (nSPS) is 14.2. The van der Waals surface area contributed by atoms with E-state index in [4.69, 9.17) is 18.9 Å². The lowest BCUT2D eigenvalue weighted by atomic mass is 10.1. The third-order valence-corrected chi connectivity index (χ3v) is 6.12. The van der Waals surface area contributed by atoms with Gasteiger partial charge in [-0.3, -0.25) is 14.5 Å². The summed E-state index contributed by atoms with van der Waals surface area (Å²) in [6.45, 7) is 0.221. The molecule has 184 valence electrons. The second kappa shape index (κ2) is 11.5. The number of benzene rings is 3. The molecule has 0 N–H and O–H groups in total. The summed E-state index contributed by atoms with van der Waals surface area (Å²) in [6.07, 6.45) is 1.59. The smallest absolute Gasteiger partial charge is 0.343 e. The number of ether oxygens (including phenoxy) is 4. The number of para-hydroxylation sites is 2. The summed E-state index contributed by atoms with van der Waals surface area (Å²) in [7, 11) is 2.99. The van der Waals surface area contributed by atoms with Crippen molar-refractivity contribution in [3.63, 3.8) is 0 Å². The number of methoxy groups -OCH3 is 2. The molecule has 3 aromatic carbocycles. The zero-order valence-corrected chi connectivity index (χ0v) is 20.4. The van der Waals surface area contributed by atoms with Gasteiger partial charge in [-0.1, -0.05) is 36.4 Å². The largest absolute Gasteiger partial charge is 0.493 e. The maximum absolute atomic E-state index is 12.8. The van der Waals surface area contributed by atoms with Crippen LogP contribution in [0.1, 0.15) is 15.9 Å². The molecular weight excluding hydrogens is 482 g/mol. The number of amides is 2. The van der Waals surface area contributed by atoms with Crippen LogP contribution in [0.2, 0.25) is 0 Å². The molecule has 1 fully saturated rings. The van der Waals surface area contributed by atoms with Crippen LogP contribution in [0.5, 0.6) is 23.0 Å². The van der Waals surface area contributed by atoms with E-state index in [0.717, 1.165) is 16.7 Å². The minimum Gasteiger partial charge on any atom is -0.493 e. The molecule has 1 aliphatic heterocycles. The molecule has 0 unspecified atom stereocenters. The topological polar surface area (TPSA) is 91.4 Å². The van der Waals surface area contributed by atoms with E-state index in [-0.39, 0.29) is 29.0 Å². The van der Waals surface area contributed by atoms with E-state index in [0.29, 0.717) is 28.4 Å². The first-order chi connectivity index (χ1) is 17.5. The van der Waals surface area contributed by atoms with Gasteiger partial charge in [-0.2, -0.15) is 0 Å². The van der Waals surface area contributed by atoms with Gasteiger partial charge in [0.15, 0.2) is 23.0 Å². The predicted molar refractivity (Wildman–Crippen MR) is 136 cm³/mol. The highest BCUT2D eigenvalue weighted by Crippen LogP contribution is 2.35. The second-order valence-corrected chi connectivity index (χ2v) is 8.49. The maximum atomic E-state index is 12.8. The zero-order chi connectivity index (χ0) is 25.5. The number of carbonyl (C=O) groups excluding carboxylic acids is 3. The van der Waals surface area contributed by atoms with E-state index >= 15 is 0 Å². The fraction of sp³-hybridized carbons (Fsp3) is 0.148. The summed E-state index contributed by atoms with van der Waals surface area (Å²) in [5, 5.41) is -0.379. The monoisotopic (exact) mass is 505 g/mol. The molecule has 0 radical (unpaired) electrons. The fourth-order valence-electron chi connectivity index (χ4n) is 3.42. The van der Waals surface area contributed by atoms with Crippen LogP contribution in [0.25, 0.3) is 6.08 Å². The lowest BCUT2D eigenvalue weighted by Crippen LogP contribution is -2.32. The summed E-state index contributed by atoms with van der Waals surface area (Å²) >= 11 is 0.848. The van der Waals surface area contributed by atoms with Gasteiger partial charge < -0.3 is 18.9 Å². The standard InChI is InChI=1S/C27H23NO7S/c1-32-20-10-6-7-11-21(20)34-15-14-28-25(29)24(36-27(28)31)17-18-12-13-22(23(16-18)33-2)35-26(30)19-8-4-3-5-9-19/h3-13,16-17H,14-15H2,1-2H3/b24-17-. The molecule has 0 spiro atoms. The van der Waals surface area contributed by atoms with E-state index in [2.05, 4.69) is 0 Å². The molecule has 8 nitrogen and oxygen atoms in total. The van der Waals surface area contributed by atoms with Gasteiger partial charge >= 0.3 is 5.97 Å². The molecule has 3 aromatic rings. The van der Waals surface area contributed by atoms with Crippen LogP contribution in [0, 0.1) is 0 Å². The summed E-state index contributed by atoms with van der Waals surface area (Å²) in [5.74, 6) is 0.730. The van der Waals surface area contributed by atoms with Crippen molar-refractivity contribution in [2.45, 2.75) is 0 Å². The highest BCUT2D eigenvalue weighted by atomic mass is 32.2. The average Bonchev–Trinajstić information content (AvgIpc) is 3.17. The van der Waals surface area contributed by atoms with Crippen LogP contribution in [-0.2, 0) is 4.79 Å². The number of rotatable bonds is 9. The summed E-state index contributed by atoms with van der Waals surface area (Å²) < 4.78 is 21.8. The van der Waals surface area contributed by atoms with Crippen LogP contribution in [0.15, 0.2) is 77.7 Å². The van der Waals surface area contributed by atoms with Crippen LogP contribution in [0.3, 0.4) is 0 Å². The van der Waals surface area contributed by atoms with E-state index < -0.39 is 11.9 Å². The van der Waals surface area contributed by atoms with Crippen molar-refractivity contribution in [2.75, 3.05) is 27.4 Å². The number of hydrogen-bond acceptors (Lipinski definition) is 8. The molecule has 2 amide bonds. The van der Waals surface area contributed by atoms with Gasteiger partial charge in [0.1, 0.15) is 6.61 Å². The molecule has 9 heteroatoms. The lowest BCUT2D eigenvalue weighted by Gasteiger charge is -2.14. The Morgan fingerprint density at radius 3 is 2.28 bits per heavy atom. The van der Waals surface area contributed by atoms with Crippen molar-refractivity contribution in [3.05, 3.63) is 88.8 Å². The van der Waals surface area contributed by atoms with Crippen molar-refractivity contribution in [1.29, 1.82) is 0 Å². The minimum absolute atomic E-state index is 0.0950.